The molecule has 0 aliphatic carbocycles. The molecule has 7 heteroatoms. The Bertz CT molecular complexity index is 676. The van der Waals surface area contributed by atoms with Gasteiger partial charge in [0.1, 0.15) is 0 Å². The van der Waals surface area contributed by atoms with Crippen LogP contribution < -0.4 is 11.2 Å². The topological polar surface area (TPSA) is 108 Å². The summed E-state index contributed by atoms with van der Waals surface area (Å²) < 4.78 is 0. The number of hydrogen-bond acceptors (Lipinski definition) is 5. The number of halogens is 1. The molecular weight excluding hydrogens is 294 g/mol. The highest BCUT2D eigenvalue weighted by molar-refractivity contribution is 6.32. The third-order valence-corrected chi connectivity index (χ3v) is 2.91. The van der Waals surface area contributed by atoms with Gasteiger partial charge in [0.2, 0.25) is 0 Å². The molecule has 2 aromatic carbocycles. The van der Waals surface area contributed by atoms with Crippen LogP contribution in [0.3, 0.4) is 0 Å². The number of hydrogen-bond donors (Lipinski definition) is 4. The molecule has 0 aliphatic heterocycles. The molecule has 0 aliphatic rings. The van der Waals surface area contributed by atoms with E-state index in [4.69, 9.17) is 17.3 Å². The molecule has 2 aromatic rings. The van der Waals surface area contributed by atoms with Crippen LogP contribution in [0.5, 0.6) is 11.5 Å². The first kappa shape index (κ1) is 14.7. The van der Waals surface area contributed by atoms with Gasteiger partial charge in [-0.2, -0.15) is 5.10 Å². The lowest BCUT2D eigenvalue weighted by Gasteiger charge is -2.02. The fraction of sp³-hybridized carbons (Fsp3) is 0. The van der Waals surface area contributed by atoms with Crippen molar-refractivity contribution >= 4 is 29.4 Å². The summed E-state index contributed by atoms with van der Waals surface area (Å²) in [5.41, 5.74) is 9.24. The molecule has 0 saturated carbocycles. The average molecular weight is 306 g/mol. The number of carbonyl (C=O) groups excluding carboxylic acids is 1. The SMILES string of the molecule is Nc1ccc(C(=O)N/N=C/c2cc(O)c(O)c(Cl)c2)cc1. The fourth-order valence-electron chi connectivity index (χ4n) is 1.54. The van der Waals surface area contributed by atoms with E-state index in [1.807, 2.05) is 0 Å². The molecule has 6 nitrogen and oxygen atoms in total. The lowest BCUT2D eigenvalue weighted by Crippen LogP contribution is -2.17. The van der Waals surface area contributed by atoms with Crippen LogP contribution >= 0.6 is 11.6 Å². The van der Waals surface area contributed by atoms with Gasteiger partial charge < -0.3 is 15.9 Å². The van der Waals surface area contributed by atoms with Crippen molar-refractivity contribution in [1.29, 1.82) is 0 Å². The molecule has 5 N–H and O–H groups in total. The van der Waals surface area contributed by atoms with Crippen LogP contribution in [0.25, 0.3) is 0 Å². The van der Waals surface area contributed by atoms with Crippen LogP contribution in [-0.2, 0) is 0 Å². The highest BCUT2D eigenvalue weighted by Crippen LogP contribution is 2.33. The number of rotatable bonds is 3. The van der Waals surface area contributed by atoms with Crippen molar-refractivity contribution < 1.29 is 15.0 Å². The molecule has 108 valence electrons. The number of benzene rings is 2. The van der Waals surface area contributed by atoms with Crippen molar-refractivity contribution in [3.63, 3.8) is 0 Å². The third-order valence-electron chi connectivity index (χ3n) is 2.62. The minimum Gasteiger partial charge on any atom is -0.504 e. The Morgan fingerprint density at radius 2 is 1.90 bits per heavy atom. The number of nitrogen functional groups attached to an aromatic ring is 1. The Hall–Kier alpha value is -2.73. The summed E-state index contributed by atoms with van der Waals surface area (Å²) in [6.45, 7) is 0. The van der Waals surface area contributed by atoms with Crippen molar-refractivity contribution in [3.05, 3.63) is 52.5 Å². The first-order valence-electron chi connectivity index (χ1n) is 5.88. The Kier molecular flexibility index (Phi) is 4.30. The standard InChI is InChI=1S/C14H12ClN3O3/c15-11-5-8(6-12(19)13(11)20)7-17-18-14(21)9-1-3-10(16)4-2-9/h1-7,19-20H,16H2,(H,18,21)/b17-7+. The van der Waals surface area contributed by atoms with Crippen LogP contribution in [0.1, 0.15) is 15.9 Å². The summed E-state index contributed by atoms with van der Waals surface area (Å²) in [5.74, 6) is -1.17. The summed E-state index contributed by atoms with van der Waals surface area (Å²) in [5, 5.41) is 22.4. The lowest BCUT2D eigenvalue weighted by atomic mass is 10.2. The zero-order chi connectivity index (χ0) is 15.4. The molecule has 0 aromatic heterocycles. The quantitative estimate of drug-likeness (QED) is 0.301. The monoisotopic (exact) mass is 305 g/mol. The molecule has 0 heterocycles. The zero-order valence-corrected chi connectivity index (χ0v) is 11.5. The zero-order valence-electron chi connectivity index (χ0n) is 10.7. The van der Waals surface area contributed by atoms with Gasteiger partial charge in [0, 0.05) is 11.3 Å². The van der Waals surface area contributed by atoms with E-state index in [1.54, 1.807) is 24.3 Å². The van der Waals surface area contributed by atoms with Crippen LogP contribution in [0.4, 0.5) is 5.69 Å². The third kappa shape index (κ3) is 3.64. The maximum atomic E-state index is 11.8. The second-order valence-corrected chi connectivity index (χ2v) is 4.60. The Balaban J connectivity index is 2.05. The number of anilines is 1. The van der Waals surface area contributed by atoms with Gasteiger partial charge in [0.25, 0.3) is 5.91 Å². The van der Waals surface area contributed by atoms with Gasteiger partial charge in [-0.15, -0.1) is 0 Å². The Labute approximate surface area is 125 Å². The van der Waals surface area contributed by atoms with Crippen LogP contribution in [-0.4, -0.2) is 22.3 Å². The van der Waals surface area contributed by atoms with Crippen molar-refractivity contribution in [2.45, 2.75) is 0 Å². The first-order valence-corrected chi connectivity index (χ1v) is 6.25. The van der Waals surface area contributed by atoms with E-state index in [9.17, 15) is 15.0 Å². The lowest BCUT2D eigenvalue weighted by molar-refractivity contribution is 0.0955. The summed E-state index contributed by atoms with van der Waals surface area (Å²) in [4.78, 5) is 11.8. The van der Waals surface area contributed by atoms with Crippen LogP contribution in [0, 0.1) is 0 Å². The molecule has 0 saturated heterocycles. The van der Waals surface area contributed by atoms with Crippen molar-refractivity contribution in [3.8, 4) is 11.5 Å². The number of aromatic hydroxyl groups is 2. The number of nitrogens with one attached hydrogen (secondary N) is 1. The van der Waals surface area contributed by atoms with Crippen LogP contribution in [0.15, 0.2) is 41.5 Å². The van der Waals surface area contributed by atoms with E-state index in [-0.39, 0.29) is 10.8 Å². The number of nitrogens with two attached hydrogens (primary N) is 1. The molecule has 0 radical (unpaired) electrons. The van der Waals surface area contributed by atoms with Crippen molar-refractivity contribution in [2.75, 3.05) is 5.73 Å². The van der Waals surface area contributed by atoms with Gasteiger partial charge in [0.15, 0.2) is 11.5 Å². The minimum atomic E-state index is -0.403. The van der Waals surface area contributed by atoms with E-state index in [0.717, 1.165) is 0 Å². The molecule has 0 bridgehead atoms. The van der Waals surface area contributed by atoms with Crippen LogP contribution in [0.2, 0.25) is 5.02 Å². The predicted octanol–water partition coefficient (Wildman–Crippen LogP) is 2.10. The highest BCUT2D eigenvalue weighted by atomic mass is 35.5. The largest absolute Gasteiger partial charge is 0.504 e. The van der Waals surface area contributed by atoms with Gasteiger partial charge in [-0.1, -0.05) is 11.6 Å². The fourth-order valence-corrected chi connectivity index (χ4v) is 1.77. The molecule has 1 amide bonds. The van der Waals surface area contributed by atoms with E-state index in [2.05, 4.69) is 10.5 Å². The highest BCUT2D eigenvalue weighted by Gasteiger charge is 2.06. The number of nitrogens with zero attached hydrogens (tertiary/aromatic N) is 1. The Morgan fingerprint density at radius 3 is 2.52 bits per heavy atom. The Morgan fingerprint density at radius 1 is 1.24 bits per heavy atom. The van der Waals surface area contributed by atoms with Crippen molar-refractivity contribution in [2.24, 2.45) is 5.10 Å². The molecule has 0 atom stereocenters. The molecular formula is C14H12ClN3O3. The maximum absolute atomic E-state index is 11.8. The van der Waals surface area contributed by atoms with Gasteiger partial charge in [-0.3, -0.25) is 4.79 Å². The second-order valence-electron chi connectivity index (χ2n) is 4.19. The van der Waals surface area contributed by atoms with Gasteiger partial charge in [-0.05, 0) is 42.0 Å². The number of carbonyl (C=O) groups is 1. The maximum Gasteiger partial charge on any atom is 0.271 e. The second kappa shape index (κ2) is 6.15. The van der Waals surface area contributed by atoms with Crippen molar-refractivity contribution in [1.82, 2.24) is 5.43 Å². The minimum absolute atomic E-state index is 0.0127. The summed E-state index contributed by atoms with van der Waals surface area (Å²) in [7, 11) is 0. The number of phenolic OH excluding ortho intramolecular Hbond substituents is 2. The summed E-state index contributed by atoms with van der Waals surface area (Å²) in [6, 6.07) is 9.02. The van der Waals surface area contributed by atoms with Gasteiger partial charge in [0.05, 0.1) is 11.2 Å². The predicted molar refractivity (Wildman–Crippen MR) is 80.7 cm³/mol. The van der Waals surface area contributed by atoms with E-state index in [1.165, 1.54) is 18.3 Å². The van der Waals surface area contributed by atoms with Gasteiger partial charge in [-0.25, -0.2) is 5.43 Å². The van der Waals surface area contributed by atoms with E-state index < -0.39 is 11.7 Å². The molecule has 0 fully saturated rings. The number of phenols is 2. The summed E-state index contributed by atoms with van der Waals surface area (Å²) in [6.07, 6.45) is 1.29. The molecule has 0 unspecified atom stereocenters. The molecule has 2 rings (SSSR count). The molecule has 0 spiro atoms. The smallest absolute Gasteiger partial charge is 0.271 e. The number of hydrazone groups is 1. The number of amides is 1. The molecule has 21 heavy (non-hydrogen) atoms. The average Bonchev–Trinajstić information content (AvgIpc) is 2.45. The summed E-state index contributed by atoms with van der Waals surface area (Å²) >= 11 is 5.70. The first-order chi connectivity index (χ1) is 9.97. The van der Waals surface area contributed by atoms with E-state index >= 15 is 0 Å². The van der Waals surface area contributed by atoms with Gasteiger partial charge >= 0.3 is 0 Å². The van der Waals surface area contributed by atoms with E-state index in [0.29, 0.717) is 16.8 Å². The normalized spacial score (nSPS) is 10.7.